The van der Waals surface area contributed by atoms with Crippen molar-refractivity contribution in [1.82, 2.24) is 14.8 Å². The van der Waals surface area contributed by atoms with Crippen molar-refractivity contribution in [3.8, 4) is 11.3 Å². The standard InChI is InChI=1S/C21H12ClN5O4/c1-25-19-17(18(24-25)11-6-8-12(22)9-7-11)16-13(10-23-19)20(28)26(21(16)29)14-4-2-3-5-15(14)27(30)31/h2-10H,1H3. The summed E-state index contributed by atoms with van der Waals surface area (Å²) < 4.78 is 1.52. The second kappa shape index (κ2) is 6.71. The summed E-state index contributed by atoms with van der Waals surface area (Å²) in [6.07, 6.45) is 1.31. The summed E-state index contributed by atoms with van der Waals surface area (Å²) >= 11 is 5.99. The first-order valence-corrected chi connectivity index (χ1v) is 9.50. The predicted octanol–water partition coefficient (Wildman–Crippen LogP) is 4.00. The predicted molar refractivity (Wildman–Crippen MR) is 113 cm³/mol. The number of amides is 2. The molecule has 1 aliphatic rings. The molecule has 0 spiro atoms. The average Bonchev–Trinajstić information content (AvgIpc) is 3.22. The van der Waals surface area contributed by atoms with Crippen LogP contribution < -0.4 is 4.90 Å². The van der Waals surface area contributed by atoms with Crippen molar-refractivity contribution in [1.29, 1.82) is 0 Å². The second-order valence-electron chi connectivity index (χ2n) is 6.92. The number of carbonyl (C=O) groups excluding carboxylic acids is 2. The molecule has 0 saturated heterocycles. The number of para-hydroxylation sites is 2. The summed E-state index contributed by atoms with van der Waals surface area (Å²) in [6.45, 7) is 0. The maximum Gasteiger partial charge on any atom is 0.293 e. The van der Waals surface area contributed by atoms with E-state index in [0.29, 0.717) is 27.3 Å². The Hall–Kier alpha value is -4.11. The highest BCUT2D eigenvalue weighted by molar-refractivity contribution is 6.38. The molecule has 5 rings (SSSR count). The number of benzene rings is 2. The summed E-state index contributed by atoms with van der Waals surface area (Å²) in [7, 11) is 1.68. The molecule has 0 N–H and O–H groups in total. The van der Waals surface area contributed by atoms with Crippen molar-refractivity contribution in [3.05, 3.63) is 81.0 Å². The molecule has 0 radical (unpaired) electrons. The van der Waals surface area contributed by atoms with Crippen LogP contribution in [0.4, 0.5) is 11.4 Å². The molecule has 2 amide bonds. The Bertz CT molecular complexity index is 1430. The van der Waals surface area contributed by atoms with Crippen LogP contribution in [0.25, 0.3) is 22.3 Å². The molecular weight excluding hydrogens is 422 g/mol. The van der Waals surface area contributed by atoms with Crippen molar-refractivity contribution in [2.75, 3.05) is 4.90 Å². The second-order valence-corrected chi connectivity index (χ2v) is 7.35. The van der Waals surface area contributed by atoms with E-state index in [9.17, 15) is 19.7 Å². The van der Waals surface area contributed by atoms with Crippen LogP contribution in [0.1, 0.15) is 20.7 Å². The monoisotopic (exact) mass is 433 g/mol. The van der Waals surface area contributed by atoms with Gasteiger partial charge in [-0.05, 0) is 18.2 Å². The Morgan fingerprint density at radius 3 is 2.45 bits per heavy atom. The van der Waals surface area contributed by atoms with Gasteiger partial charge in [0.1, 0.15) is 11.4 Å². The van der Waals surface area contributed by atoms with E-state index in [4.69, 9.17) is 11.6 Å². The van der Waals surface area contributed by atoms with Crippen molar-refractivity contribution in [2.24, 2.45) is 7.05 Å². The van der Waals surface area contributed by atoms with E-state index in [-0.39, 0.29) is 22.5 Å². The molecule has 31 heavy (non-hydrogen) atoms. The first-order chi connectivity index (χ1) is 14.9. The summed E-state index contributed by atoms with van der Waals surface area (Å²) in [5.74, 6) is -1.33. The van der Waals surface area contributed by atoms with Crippen molar-refractivity contribution in [2.45, 2.75) is 0 Å². The molecule has 2 aromatic heterocycles. The van der Waals surface area contributed by atoms with E-state index >= 15 is 0 Å². The number of aromatic nitrogens is 3. The Balaban J connectivity index is 1.77. The van der Waals surface area contributed by atoms with Gasteiger partial charge in [0.2, 0.25) is 0 Å². The van der Waals surface area contributed by atoms with E-state index in [1.807, 2.05) is 0 Å². The molecule has 0 unspecified atom stereocenters. The summed E-state index contributed by atoms with van der Waals surface area (Å²) in [5, 5.41) is 16.9. The zero-order chi connectivity index (χ0) is 21.9. The number of rotatable bonds is 3. The van der Waals surface area contributed by atoms with Gasteiger partial charge >= 0.3 is 0 Å². The van der Waals surface area contributed by atoms with Crippen LogP contribution in [-0.2, 0) is 7.05 Å². The summed E-state index contributed by atoms with van der Waals surface area (Å²) in [4.78, 5) is 42.6. The number of aryl methyl sites for hydroxylation is 1. The van der Waals surface area contributed by atoms with Gasteiger partial charge in [-0.2, -0.15) is 5.10 Å². The van der Waals surface area contributed by atoms with Crippen LogP contribution in [0.5, 0.6) is 0 Å². The molecule has 4 aromatic rings. The lowest BCUT2D eigenvalue weighted by molar-refractivity contribution is -0.384. The molecule has 0 fully saturated rings. The maximum atomic E-state index is 13.4. The summed E-state index contributed by atoms with van der Waals surface area (Å²) in [5.41, 5.74) is 1.31. The third kappa shape index (κ3) is 2.71. The van der Waals surface area contributed by atoms with Crippen molar-refractivity contribution in [3.63, 3.8) is 0 Å². The number of nitro benzene ring substituents is 1. The third-order valence-electron chi connectivity index (χ3n) is 5.14. The van der Waals surface area contributed by atoms with Gasteiger partial charge in [-0.15, -0.1) is 0 Å². The number of nitro groups is 1. The third-order valence-corrected chi connectivity index (χ3v) is 5.39. The van der Waals surface area contributed by atoms with E-state index in [2.05, 4.69) is 10.1 Å². The first kappa shape index (κ1) is 18.9. The molecule has 9 nitrogen and oxygen atoms in total. The lowest BCUT2D eigenvalue weighted by atomic mass is 10.0. The number of hydrogen-bond donors (Lipinski definition) is 0. The molecule has 1 aliphatic heterocycles. The molecule has 3 heterocycles. The first-order valence-electron chi connectivity index (χ1n) is 9.12. The van der Waals surface area contributed by atoms with Crippen LogP contribution in [0.3, 0.4) is 0 Å². The number of pyridine rings is 1. The Morgan fingerprint density at radius 2 is 1.74 bits per heavy atom. The lowest BCUT2D eigenvalue weighted by Crippen LogP contribution is -2.30. The zero-order valence-corrected chi connectivity index (χ0v) is 16.7. The van der Waals surface area contributed by atoms with Crippen molar-refractivity contribution < 1.29 is 14.5 Å². The van der Waals surface area contributed by atoms with E-state index < -0.39 is 16.7 Å². The van der Waals surface area contributed by atoms with Gasteiger partial charge in [-0.1, -0.05) is 35.9 Å². The number of hydrogen-bond acceptors (Lipinski definition) is 6. The topological polar surface area (TPSA) is 111 Å². The van der Waals surface area contributed by atoms with Gasteiger partial charge in [-0.3, -0.25) is 19.7 Å². The minimum atomic E-state index is -0.672. The highest BCUT2D eigenvalue weighted by atomic mass is 35.5. The maximum absolute atomic E-state index is 13.4. The largest absolute Gasteiger partial charge is 0.293 e. The van der Waals surface area contributed by atoms with Gasteiger partial charge in [0, 0.05) is 29.9 Å². The van der Waals surface area contributed by atoms with E-state index in [0.717, 1.165) is 4.90 Å². The molecule has 152 valence electrons. The number of imide groups is 1. The number of nitrogens with zero attached hydrogens (tertiary/aromatic N) is 5. The summed E-state index contributed by atoms with van der Waals surface area (Å²) in [6, 6.07) is 12.5. The fourth-order valence-corrected chi connectivity index (χ4v) is 3.89. The Labute approximate surface area is 179 Å². The molecule has 0 saturated carbocycles. The molecule has 0 aliphatic carbocycles. The minimum absolute atomic E-state index is 0.0684. The lowest BCUT2D eigenvalue weighted by Gasteiger charge is -2.13. The fourth-order valence-electron chi connectivity index (χ4n) is 3.76. The van der Waals surface area contributed by atoms with Crippen LogP contribution in [0.2, 0.25) is 5.02 Å². The SMILES string of the molecule is Cn1nc(-c2ccc(Cl)cc2)c2c3c(cnc21)C(=O)N(c1ccccc1[N+](=O)[O-])C3=O. The minimum Gasteiger partial charge on any atom is -0.268 e. The van der Waals surface area contributed by atoms with Crippen LogP contribution in [-0.4, -0.2) is 31.5 Å². The Morgan fingerprint density at radius 1 is 1.03 bits per heavy atom. The van der Waals surface area contributed by atoms with Gasteiger partial charge < -0.3 is 0 Å². The Kier molecular flexibility index (Phi) is 4.09. The normalized spacial score (nSPS) is 13.2. The van der Waals surface area contributed by atoms with E-state index in [1.165, 1.54) is 35.1 Å². The molecule has 2 aromatic carbocycles. The number of halogens is 1. The van der Waals surface area contributed by atoms with Crippen LogP contribution in [0, 0.1) is 10.1 Å². The van der Waals surface area contributed by atoms with Crippen molar-refractivity contribution >= 4 is 45.8 Å². The quantitative estimate of drug-likeness (QED) is 0.274. The highest BCUT2D eigenvalue weighted by Crippen LogP contribution is 2.39. The number of anilines is 1. The molecule has 10 heteroatoms. The van der Waals surface area contributed by atoms with Crippen LogP contribution >= 0.6 is 11.6 Å². The molecular formula is C21H12ClN5O4. The van der Waals surface area contributed by atoms with Crippen LogP contribution in [0.15, 0.2) is 54.7 Å². The molecule has 0 bridgehead atoms. The van der Waals surface area contributed by atoms with E-state index in [1.54, 1.807) is 31.3 Å². The average molecular weight is 434 g/mol. The fraction of sp³-hybridized carbons (Fsp3) is 0.0476. The molecule has 0 atom stereocenters. The van der Waals surface area contributed by atoms with Gasteiger partial charge in [0.15, 0.2) is 5.65 Å². The van der Waals surface area contributed by atoms with Gasteiger partial charge in [-0.25, -0.2) is 14.6 Å². The number of carbonyl (C=O) groups is 2. The van der Waals surface area contributed by atoms with Gasteiger partial charge in [0.25, 0.3) is 17.5 Å². The highest BCUT2D eigenvalue weighted by Gasteiger charge is 2.42. The zero-order valence-electron chi connectivity index (χ0n) is 15.9. The van der Waals surface area contributed by atoms with Gasteiger partial charge in [0.05, 0.1) is 21.4 Å². The smallest absolute Gasteiger partial charge is 0.268 e. The number of fused-ring (bicyclic) bond motifs is 3.